The molecule has 1 saturated carbocycles. The van der Waals surface area contributed by atoms with Crippen LogP contribution in [0.5, 0.6) is 0 Å². The Morgan fingerprint density at radius 3 is 2.25 bits per heavy atom. The molecule has 88 valence electrons. The molecule has 1 N–H and O–H groups in total. The smallest absolute Gasteiger partial charge is 0.275 e. The molecule has 1 aliphatic carbocycles. The van der Waals surface area contributed by atoms with Gasteiger partial charge in [-0.3, -0.25) is 14.9 Å². The van der Waals surface area contributed by atoms with E-state index in [0.29, 0.717) is 12.8 Å². The van der Waals surface area contributed by atoms with Gasteiger partial charge in [-0.25, -0.2) is 9.69 Å². The molecular formula is C11H16N2O3. The van der Waals surface area contributed by atoms with Crippen molar-refractivity contribution in [2.75, 3.05) is 0 Å². The number of carbonyl (C=O) groups is 3. The molecule has 0 atom stereocenters. The van der Waals surface area contributed by atoms with Crippen molar-refractivity contribution in [1.29, 1.82) is 0 Å². The van der Waals surface area contributed by atoms with Crippen LogP contribution in [-0.4, -0.2) is 28.3 Å². The Morgan fingerprint density at radius 1 is 1.19 bits per heavy atom. The normalized spacial score (nSPS) is 24.4. The zero-order valence-corrected chi connectivity index (χ0v) is 9.41. The van der Waals surface area contributed by atoms with E-state index in [1.54, 1.807) is 0 Å². The van der Waals surface area contributed by atoms with Crippen molar-refractivity contribution in [3.05, 3.63) is 0 Å². The number of amides is 4. The van der Waals surface area contributed by atoms with Gasteiger partial charge >= 0.3 is 6.03 Å². The summed E-state index contributed by atoms with van der Waals surface area (Å²) in [7, 11) is 0. The molecule has 0 unspecified atom stereocenters. The van der Waals surface area contributed by atoms with Gasteiger partial charge in [0.05, 0.1) is 0 Å². The molecule has 1 spiro atoms. The third kappa shape index (κ3) is 1.50. The first-order valence-corrected chi connectivity index (χ1v) is 5.74. The largest absolute Gasteiger partial charge is 0.331 e. The summed E-state index contributed by atoms with van der Waals surface area (Å²) < 4.78 is 0. The van der Waals surface area contributed by atoms with Crippen molar-refractivity contribution in [3.8, 4) is 0 Å². The molecule has 2 fully saturated rings. The van der Waals surface area contributed by atoms with Gasteiger partial charge in [-0.05, 0) is 12.8 Å². The van der Waals surface area contributed by atoms with Gasteiger partial charge < -0.3 is 0 Å². The number of hydrogen-bond donors (Lipinski definition) is 1. The Hall–Kier alpha value is -1.39. The predicted molar refractivity (Wildman–Crippen MR) is 56.5 cm³/mol. The van der Waals surface area contributed by atoms with Gasteiger partial charge in [-0.15, -0.1) is 0 Å². The fourth-order valence-corrected chi connectivity index (χ4v) is 2.77. The van der Waals surface area contributed by atoms with E-state index in [0.717, 1.165) is 30.6 Å². The van der Waals surface area contributed by atoms with E-state index in [1.165, 1.54) is 6.92 Å². The Kier molecular flexibility index (Phi) is 2.69. The third-order valence-electron chi connectivity index (χ3n) is 3.52. The molecule has 4 amide bonds. The minimum atomic E-state index is -0.889. The van der Waals surface area contributed by atoms with Gasteiger partial charge in [0.1, 0.15) is 5.54 Å². The molecule has 5 heteroatoms. The highest BCUT2D eigenvalue weighted by molar-refractivity contribution is 6.13. The van der Waals surface area contributed by atoms with E-state index in [2.05, 4.69) is 5.32 Å². The van der Waals surface area contributed by atoms with E-state index in [-0.39, 0.29) is 11.8 Å². The Morgan fingerprint density at radius 2 is 1.75 bits per heavy atom. The lowest BCUT2D eigenvalue weighted by Crippen LogP contribution is -2.51. The van der Waals surface area contributed by atoms with E-state index >= 15 is 0 Å². The number of rotatable bonds is 0. The van der Waals surface area contributed by atoms with Crippen LogP contribution in [0.3, 0.4) is 0 Å². The summed E-state index contributed by atoms with van der Waals surface area (Å²) >= 11 is 0. The summed E-state index contributed by atoms with van der Waals surface area (Å²) in [6, 6.07) is -0.556. The standard InChI is InChI=1S/C11H16N2O3/c1-8(14)13-10(16)12-9(15)11(13)6-4-2-3-5-7-11/h2-7H2,1H3,(H,12,15,16). The molecule has 0 aromatic heterocycles. The summed E-state index contributed by atoms with van der Waals surface area (Å²) in [6.07, 6.45) is 5.12. The number of nitrogens with one attached hydrogen (secondary N) is 1. The summed E-state index contributed by atoms with van der Waals surface area (Å²) in [5.41, 5.74) is -0.889. The SMILES string of the molecule is CC(=O)N1C(=O)NC(=O)C12CCCCCC2. The topological polar surface area (TPSA) is 66.5 Å². The number of imide groups is 2. The van der Waals surface area contributed by atoms with Crippen molar-refractivity contribution in [2.45, 2.75) is 51.0 Å². The monoisotopic (exact) mass is 224 g/mol. The highest BCUT2D eigenvalue weighted by Crippen LogP contribution is 2.36. The van der Waals surface area contributed by atoms with Crippen LogP contribution < -0.4 is 5.32 Å². The molecule has 1 heterocycles. The molecule has 0 radical (unpaired) electrons. The lowest BCUT2D eigenvalue weighted by atomic mass is 9.88. The molecule has 2 rings (SSSR count). The van der Waals surface area contributed by atoms with Crippen LogP contribution in [-0.2, 0) is 9.59 Å². The van der Waals surface area contributed by atoms with Crippen LogP contribution in [0, 0.1) is 0 Å². The van der Waals surface area contributed by atoms with Crippen molar-refractivity contribution in [3.63, 3.8) is 0 Å². The molecule has 2 aliphatic rings. The van der Waals surface area contributed by atoms with Gasteiger partial charge in [0.25, 0.3) is 5.91 Å². The second kappa shape index (κ2) is 3.88. The van der Waals surface area contributed by atoms with Crippen LogP contribution >= 0.6 is 0 Å². The van der Waals surface area contributed by atoms with Gasteiger partial charge in [0.15, 0.2) is 0 Å². The fourth-order valence-electron chi connectivity index (χ4n) is 2.77. The zero-order valence-electron chi connectivity index (χ0n) is 9.41. The van der Waals surface area contributed by atoms with E-state index in [1.807, 2.05) is 0 Å². The highest BCUT2D eigenvalue weighted by atomic mass is 16.2. The number of urea groups is 1. The van der Waals surface area contributed by atoms with E-state index in [4.69, 9.17) is 0 Å². The number of carbonyl (C=O) groups excluding carboxylic acids is 3. The van der Waals surface area contributed by atoms with Gasteiger partial charge in [0.2, 0.25) is 5.91 Å². The molecule has 0 aromatic carbocycles. The third-order valence-corrected chi connectivity index (χ3v) is 3.52. The molecule has 1 aliphatic heterocycles. The zero-order chi connectivity index (χ0) is 11.8. The minimum Gasteiger partial charge on any atom is -0.275 e. The lowest BCUT2D eigenvalue weighted by Gasteiger charge is -2.32. The summed E-state index contributed by atoms with van der Waals surface area (Å²) in [4.78, 5) is 36.1. The first-order chi connectivity index (χ1) is 7.58. The van der Waals surface area contributed by atoms with Crippen LogP contribution in [0.4, 0.5) is 4.79 Å². The Balaban J connectivity index is 2.36. The average Bonchev–Trinajstić information content (AvgIpc) is 2.40. The average molecular weight is 224 g/mol. The quantitative estimate of drug-likeness (QED) is 0.628. The second-order valence-electron chi connectivity index (χ2n) is 4.56. The first kappa shape index (κ1) is 11.1. The number of nitrogens with zero attached hydrogens (tertiary/aromatic N) is 1. The molecule has 0 aromatic rings. The maximum Gasteiger partial charge on any atom is 0.331 e. The lowest BCUT2D eigenvalue weighted by molar-refractivity contribution is -0.137. The van der Waals surface area contributed by atoms with Crippen molar-refractivity contribution in [2.24, 2.45) is 0 Å². The Bertz CT molecular complexity index is 343. The predicted octanol–water partition coefficient (Wildman–Crippen LogP) is 1.18. The fraction of sp³-hybridized carbons (Fsp3) is 0.727. The molecule has 5 nitrogen and oxygen atoms in total. The van der Waals surface area contributed by atoms with Crippen LogP contribution in [0.1, 0.15) is 45.4 Å². The van der Waals surface area contributed by atoms with Crippen molar-refractivity contribution in [1.82, 2.24) is 10.2 Å². The second-order valence-corrected chi connectivity index (χ2v) is 4.56. The maximum atomic E-state index is 11.9. The first-order valence-electron chi connectivity index (χ1n) is 5.74. The Labute approximate surface area is 94.2 Å². The van der Waals surface area contributed by atoms with Crippen molar-refractivity contribution < 1.29 is 14.4 Å². The molecule has 1 saturated heterocycles. The summed E-state index contributed by atoms with van der Waals surface area (Å²) in [6.45, 7) is 1.34. The van der Waals surface area contributed by atoms with Gasteiger partial charge in [-0.1, -0.05) is 25.7 Å². The van der Waals surface area contributed by atoms with Gasteiger partial charge in [-0.2, -0.15) is 0 Å². The molecule has 0 bridgehead atoms. The van der Waals surface area contributed by atoms with Crippen LogP contribution in [0.25, 0.3) is 0 Å². The maximum absolute atomic E-state index is 11.9. The van der Waals surface area contributed by atoms with Gasteiger partial charge in [0, 0.05) is 6.92 Å². The number of hydrogen-bond acceptors (Lipinski definition) is 3. The minimum absolute atomic E-state index is 0.297. The van der Waals surface area contributed by atoms with Crippen LogP contribution in [0.15, 0.2) is 0 Å². The van der Waals surface area contributed by atoms with E-state index in [9.17, 15) is 14.4 Å². The van der Waals surface area contributed by atoms with E-state index < -0.39 is 11.6 Å². The highest BCUT2D eigenvalue weighted by Gasteiger charge is 2.54. The summed E-state index contributed by atoms with van der Waals surface area (Å²) in [5.74, 6) is -0.639. The molecular weight excluding hydrogens is 208 g/mol. The van der Waals surface area contributed by atoms with Crippen molar-refractivity contribution >= 4 is 17.8 Å². The summed E-state index contributed by atoms with van der Waals surface area (Å²) in [5, 5.41) is 2.26. The van der Waals surface area contributed by atoms with Crippen LogP contribution in [0.2, 0.25) is 0 Å². The molecule has 16 heavy (non-hydrogen) atoms.